The summed E-state index contributed by atoms with van der Waals surface area (Å²) in [6.45, 7) is 7.73. The van der Waals surface area contributed by atoms with E-state index in [1.807, 2.05) is 13.0 Å². The lowest BCUT2D eigenvalue weighted by Crippen LogP contribution is -1.63. The van der Waals surface area contributed by atoms with Crippen molar-refractivity contribution in [3.63, 3.8) is 0 Å². The van der Waals surface area contributed by atoms with Gasteiger partial charge in [-0.1, -0.05) is 29.9 Å². The van der Waals surface area contributed by atoms with Gasteiger partial charge in [-0.15, -0.1) is 6.58 Å². The van der Waals surface area contributed by atoms with Crippen molar-refractivity contribution in [3.8, 4) is 0 Å². The molecule has 0 radical (unpaired) electrons. The Morgan fingerprint density at radius 1 is 1.56 bits per heavy atom. The van der Waals surface area contributed by atoms with Gasteiger partial charge in [0.15, 0.2) is 0 Å². The number of hydrogen-bond acceptors (Lipinski definition) is 0. The molecule has 0 aliphatic heterocycles. The van der Waals surface area contributed by atoms with Crippen LogP contribution in [0.25, 0.3) is 0 Å². The van der Waals surface area contributed by atoms with Crippen molar-refractivity contribution in [2.45, 2.75) is 20.3 Å². The Hall–Kier alpha value is -0.780. The van der Waals surface area contributed by atoms with Gasteiger partial charge in [0, 0.05) is 0 Å². The lowest BCUT2D eigenvalue weighted by molar-refractivity contribution is 1.37. The van der Waals surface area contributed by atoms with Gasteiger partial charge in [0.1, 0.15) is 0 Å². The minimum atomic E-state index is 0.963. The molecule has 0 saturated heterocycles. The van der Waals surface area contributed by atoms with E-state index in [1.54, 1.807) is 0 Å². The lowest BCUT2D eigenvalue weighted by atomic mass is 10.2. The van der Waals surface area contributed by atoms with Crippen molar-refractivity contribution in [2.24, 2.45) is 0 Å². The van der Waals surface area contributed by atoms with Crippen LogP contribution < -0.4 is 0 Å². The molecule has 0 aliphatic rings. The first-order chi connectivity index (χ1) is 4.31. The lowest BCUT2D eigenvalue weighted by Gasteiger charge is -1.84. The van der Waals surface area contributed by atoms with Gasteiger partial charge in [0.2, 0.25) is 0 Å². The molecule has 0 heteroatoms. The van der Waals surface area contributed by atoms with Crippen molar-refractivity contribution in [2.75, 3.05) is 0 Å². The van der Waals surface area contributed by atoms with E-state index in [0.29, 0.717) is 0 Å². The first-order valence-electron chi connectivity index (χ1n) is 3.21. The Morgan fingerprint density at radius 3 is 2.67 bits per heavy atom. The zero-order valence-corrected chi connectivity index (χ0v) is 6.22. The molecule has 0 aliphatic carbocycles. The third kappa shape index (κ3) is 5.09. The van der Waals surface area contributed by atoms with Crippen molar-refractivity contribution in [1.82, 2.24) is 0 Å². The molecule has 0 aromatic heterocycles. The summed E-state index contributed by atoms with van der Waals surface area (Å²) in [6, 6.07) is 0. The fraction of sp³-hybridized carbons (Fsp3) is 0.333. The summed E-state index contributed by atoms with van der Waals surface area (Å²) in [5.41, 5.74) is 1.30. The Morgan fingerprint density at radius 2 is 2.22 bits per heavy atom. The second-order valence-corrected chi connectivity index (χ2v) is 1.96. The Kier molecular flexibility index (Phi) is 4.89. The molecule has 0 bridgehead atoms. The smallest absolute Gasteiger partial charge is 0.0169 e. The molecule has 9 heavy (non-hydrogen) atoms. The first-order valence-corrected chi connectivity index (χ1v) is 3.21. The number of rotatable bonds is 3. The standard InChI is InChI=1S/C9H14/c1-4-6-7-8-9(3)5-2/h4-5,7-8H,1,6H2,2-3H3/b8-7-,9-5-. The minimum absolute atomic E-state index is 0.963. The van der Waals surface area contributed by atoms with Crippen LogP contribution in [0.5, 0.6) is 0 Å². The van der Waals surface area contributed by atoms with E-state index in [1.165, 1.54) is 5.57 Å². The summed E-state index contributed by atoms with van der Waals surface area (Å²) in [5, 5.41) is 0. The van der Waals surface area contributed by atoms with E-state index in [0.717, 1.165) is 6.42 Å². The Labute approximate surface area is 57.6 Å². The zero-order chi connectivity index (χ0) is 7.11. The maximum absolute atomic E-state index is 3.61. The van der Waals surface area contributed by atoms with E-state index in [2.05, 4.69) is 31.7 Å². The van der Waals surface area contributed by atoms with Crippen molar-refractivity contribution in [3.05, 3.63) is 36.5 Å². The summed E-state index contributed by atoms with van der Waals surface area (Å²) >= 11 is 0. The molecule has 0 rings (SSSR count). The molecule has 0 aromatic carbocycles. The largest absolute Gasteiger partial charge is 0.103 e. The fourth-order valence-electron chi connectivity index (χ4n) is 0.446. The van der Waals surface area contributed by atoms with E-state index in [9.17, 15) is 0 Å². The summed E-state index contributed by atoms with van der Waals surface area (Å²) in [7, 11) is 0. The van der Waals surface area contributed by atoms with Gasteiger partial charge in [-0.05, 0) is 20.3 Å². The third-order valence-corrected chi connectivity index (χ3v) is 1.14. The third-order valence-electron chi connectivity index (χ3n) is 1.14. The van der Waals surface area contributed by atoms with Gasteiger partial charge in [-0.3, -0.25) is 0 Å². The average Bonchev–Trinajstić information content (AvgIpc) is 1.89. The molecule has 0 fully saturated rings. The predicted octanol–water partition coefficient (Wildman–Crippen LogP) is 3.08. The van der Waals surface area contributed by atoms with Gasteiger partial charge < -0.3 is 0 Å². The van der Waals surface area contributed by atoms with Gasteiger partial charge in [0.05, 0.1) is 0 Å². The SMILES string of the molecule is C=CC/C=C\C(C)=C/C. The maximum Gasteiger partial charge on any atom is -0.0169 e. The summed E-state index contributed by atoms with van der Waals surface area (Å²) in [4.78, 5) is 0. The van der Waals surface area contributed by atoms with Crippen LogP contribution in [0.1, 0.15) is 20.3 Å². The second kappa shape index (κ2) is 5.36. The first kappa shape index (κ1) is 8.22. The quantitative estimate of drug-likeness (QED) is 0.398. The zero-order valence-electron chi connectivity index (χ0n) is 6.22. The van der Waals surface area contributed by atoms with E-state index >= 15 is 0 Å². The molecular formula is C9H14. The molecule has 0 aromatic rings. The van der Waals surface area contributed by atoms with Crippen LogP contribution in [0.3, 0.4) is 0 Å². The highest BCUT2D eigenvalue weighted by atomic mass is 13.8. The van der Waals surface area contributed by atoms with Crippen molar-refractivity contribution < 1.29 is 0 Å². The van der Waals surface area contributed by atoms with Crippen LogP contribution in [0.4, 0.5) is 0 Å². The van der Waals surface area contributed by atoms with Crippen LogP contribution in [0, 0.1) is 0 Å². The maximum atomic E-state index is 3.61. The van der Waals surface area contributed by atoms with Crippen LogP contribution in [-0.2, 0) is 0 Å². The van der Waals surface area contributed by atoms with E-state index in [-0.39, 0.29) is 0 Å². The topological polar surface area (TPSA) is 0 Å². The molecule has 0 saturated carbocycles. The van der Waals surface area contributed by atoms with Crippen LogP contribution in [0.15, 0.2) is 36.5 Å². The van der Waals surface area contributed by atoms with Gasteiger partial charge in [-0.2, -0.15) is 0 Å². The van der Waals surface area contributed by atoms with E-state index < -0.39 is 0 Å². The van der Waals surface area contributed by atoms with Crippen LogP contribution >= 0.6 is 0 Å². The van der Waals surface area contributed by atoms with Crippen LogP contribution in [-0.4, -0.2) is 0 Å². The van der Waals surface area contributed by atoms with E-state index in [4.69, 9.17) is 0 Å². The average molecular weight is 122 g/mol. The van der Waals surface area contributed by atoms with Crippen molar-refractivity contribution >= 4 is 0 Å². The predicted molar refractivity (Wildman–Crippen MR) is 43.4 cm³/mol. The number of allylic oxidation sites excluding steroid dienone is 5. The molecule has 0 nitrogen and oxygen atoms in total. The highest BCUT2D eigenvalue weighted by Gasteiger charge is 1.73. The molecule has 0 N–H and O–H groups in total. The summed E-state index contributed by atoms with van der Waals surface area (Å²) in [5.74, 6) is 0. The van der Waals surface area contributed by atoms with Gasteiger partial charge in [0.25, 0.3) is 0 Å². The molecule has 0 heterocycles. The molecule has 0 spiro atoms. The Bertz CT molecular complexity index is 127. The number of hydrogen-bond donors (Lipinski definition) is 0. The van der Waals surface area contributed by atoms with Crippen molar-refractivity contribution in [1.29, 1.82) is 0 Å². The van der Waals surface area contributed by atoms with Gasteiger partial charge >= 0.3 is 0 Å². The molecule has 0 unspecified atom stereocenters. The highest BCUT2D eigenvalue weighted by Crippen LogP contribution is 1.94. The highest BCUT2D eigenvalue weighted by molar-refractivity contribution is 5.15. The normalized spacial score (nSPS) is 12.4. The Balaban J connectivity index is 3.56. The molecule has 0 amide bonds. The fourth-order valence-corrected chi connectivity index (χ4v) is 0.446. The molecule has 0 atom stereocenters. The van der Waals surface area contributed by atoms with Gasteiger partial charge in [-0.25, -0.2) is 0 Å². The molecular weight excluding hydrogens is 108 g/mol. The second-order valence-electron chi connectivity index (χ2n) is 1.96. The summed E-state index contributed by atoms with van der Waals surface area (Å²) < 4.78 is 0. The van der Waals surface area contributed by atoms with Crippen LogP contribution in [0.2, 0.25) is 0 Å². The minimum Gasteiger partial charge on any atom is -0.103 e. The summed E-state index contributed by atoms with van der Waals surface area (Å²) in [6.07, 6.45) is 9.13. The monoisotopic (exact) mass is 122 g/mol. The molecule has 50 valence electrons.